The van der Waals surface area contributed by atoms with E-state index in [-0.39, 0.29) is 5.91 Å². The van der Waals surface area contributed by atoms with E-state index in [0.717, 1.165) is 23.4 Å². The van der Waals surface area contributed by atoms with Crippen molar-refractivity contribution in [2.24, 2.45) is 0 Å². The number of hydrogen-bond acceptors (Lipinski definition) is 4. The third kappa shape index (κ3) is 5.04. The fourth-order valence-corrected chi connectivity index (χ4v) is 3.62. The number of hydrogen-bond donors (Lipinski definition) is 1. The van der Waals surface area contributed by atoms with E-state index >= 15 is 0 Å². The fraction of sp³-hybridized carbons (Fsp3) is 0.476. The lowest BCUT2D eigenvalue weighted by Gasteiger charge is -2.33. The minimum Gasteiger partial charge on any atom is -0.356 e. The van der Waals surface area contributed by atoms with Crippen molar-refractivity contribution < 1.29 is 4.79 Å². The first-order chi connectivity index (χ1) is 12.7. The molecule has 26 heavy (non-hydrogen) atoms. The van der Waals surface area contributed by atoms with Crippen LogP contribution in [0.15, 0.2) is 42.9 Å². The van der Waals surface area contributed by atoms with Crippen molar-refractivity contribution in [2.75, 3.05) is 11.9 Å². The number of aromatic nitrogens is 2. The van der Waals surface area contributed by atoms with Gasteiger partial charge in [-0.15, -0.1) is 0 Å². The molecule has 0 atom stereocenters. The molecule has 0 radical (unpaired) electrons. The van der Waals surface area contributed by atoms with Crippen molar-refractivity contribution in [1.82, 2.24) is 15.3 Å². The van der Waals surface area contributed by atoms with Gasteiger partial charge in [0.05, 0.1) is 0 Å². The molecule has 0 saturated heterocycles. The highest BCUT2D eigenvalue weighted by Crippen LogP contribution is 2.26. The minimum absolute atomic E-state index is 0.0666. The molecular formula is C21H28N4O. The fourth-order valence-electron chi connectivity index (χ4n) is 3.62. The van der Waals surface area contributed by atoms with Crippen LogP contribution in [0.4, 0.5) is 5.82 Å². The number of pyridine rings is 2. The van der Waals surface area contributed by atoms with E-state index < -0.39 is 0 Å². The van der Waals surface area contributed by atoms with E-state index in [0.29, 0.717) is 19.0 Å². The summed E-state index contributed by atoms with van der Waals surface area (Å²) in [5.74, 6) is 1.06. The molecule has 0 aliphatic heterocycles. The van der Waals surface area contributed by atoms with E-state index in [1.54, 1.807) is 12.4 Å². The molecule has 0 spiro atoms. The third-order valence-electron chi connectivity index (χ3n) is 5.19. The van der Waals surface area contributed by atoms with Gasteiger partial charge in [-0.05, 0) is 43.0 Å². The molecule has 5 nitrogen and oxygen atoms in total. The van der Waals surface area contributed by atoms with E-state index in [2.05, 4.69) is 33.3 Å². The van der Waals surface area contributed by atoms with Gasteiger partial charge in [-0.25, -0.2) is 4.98 Å². The largest absolute Gasteiger partial charge is 0.356 e. The Hall–Kier alpha value is -2.43. The molecule has 1 aliphatic rings. The highest BCUT2D eigenvalue weighted by atomic mass is 16.1. The number of aryl methyl sites for hydroxylation is 1. The number of carbonyl (C=O) groups excluding carboxylic acids is 1. The Kier molecular flexibility index (Phi) is 6.58. The van der Waals surface area contributed by atoms with Crippen molar-refractivity contribution in [1.29, 1.82) is 0 Å². The predicted octanol–water partition coefficient (Wildman–Crippen LogP) is 3.49. The molecule has 0 unspecified atom stereocenters. The second-order valence-corrected chi connectivity index (χ2v) is 7.02. The molecule has 3 rings (SSSR count). The van der Waals surface area contributed by atoms with Crippen LogP contribution < -0.4 is 10.2 Å². The quantitative estimate of drug-likeness (QED) is 0.829. The van der Waals surface area contributed by atoms with E-state index in [9.17, 15) is 4.79 Å². The number of rotatable bonds is 7. The van der Waals surface area contributed by atoms with E-state index in [1.165, 1.54) is 32.1 Å². The lowest BCUT2D eigenvalue weighted by Crippen LogP contribution is -2.35. The summed E-state index contributed by atoms with van der Waals surface area (Å²) in [6.07, 6.45) is 13.0. The van der Waals surface area contributed by atoms with Crippen LogP contribution in [0, 0.1) is 0 Å². The van der Waals surface area contributed by atoms with Crippen LogP contribution in [0.5, 0.6) is 0 Å². The molecule has 138 valence electrons. The number of amides is 1. The summed E-state index contributed by atoms with van der Waals surface area (Å²) < 4.78 is 0. The Labute approximate surface area is 155 Å². The molecule has 1 aliphatic carbocycles. The Morgan fingerprint density at radius 2 is 1.92 bits per heavy atom. The molecule has 0 bridgehead atoms. The second-order valence-electron chi connectivity index (χ2n) is 7.02. The molecule has 5 heteroatoms. The summed E-state index contributed by atoms with van der Waals surface area (Å²) in [6, 6.07) is 8.46. The summed E-state index contributed by atoms with van der Waals surface area (Å²) >= 11 is 0. The topological polar surface area (TPSA) is 58.1 Å². The molecule has 1 amide bonds. The average molecular weight is 352 g/mol. The van der Waals surface area contributed by atoms with Crippen LogP contribution in [0.2, 0.25) is 0 Å². The second kappa shape index (κ2) is 9.32. The zero-order valence-electron chi connectivity index (χ0n) is 15.5. The molecule has 2 aromatic rings. The van der Waals surface area contributed by atoms with E-state index in [1.807, 2.05) is 24.4 Å². The maximum Gasteiger partial charge on any atom is 0.220 e. The summed E-state index contributed by atoms with van der Waals surface area (Å²) in [5.41, 5.74) is 2.21. The van der Waals surface area contributed by atoms with Crippen LogP contribution in [-0.4, -0.2) is 29.0 Å². The first kappa shape index (κ1) is 18.4. The first-order valence-electron chi connectivity index (χ1n) is 9.56. The van der Waals surface area contributed by atoms with Gasteiger partial charge in [0.1, 0.15) is 5.82 Å². The Bertz CT molecular complexity index is 698. The maximum absolute atomic E-state index is 12.2. The van der Waals surface area contributed by atoms with Gasteiger partial charge in [-0.1, -0.05) is 25.3 Å². The van der Waals surface area contributed by atoms with Crippen LogP contribution in [-0.2, 0) is 17.8 Å². The lowest BCUT2D eigenvalue weighted by atomic mass is 9.94. The molecule has 1 N–H and O–H groups in total. The molecule has 0 aromatic carbocycles. The first-order valence-corrected chi connectivity index (χ1v) is 9.56. The van der Waals surface area contributed by atoms with E-state index in [4.69, 9.17) is 0 Å². The van der Waals surface area contributed by atoms with Crippen LogP contribution in [0.3, 0.4) is 0 Å². The molecule has 2 aromatic heterocycles. The molecule has 2 heterocycles. The van der Waals surface area contributed by atoms with Gasteiger partial charge in [0, 0.05) is 50.2 Å². The number of nitrogens with one attached hydrogen (secondary N) is 1. The number of anilines is 1. The molecular weight excluding hydrogens is 324 g/mol. The van der Waals surface area contributed by atoms with Crippen molar-refractivity contribution in [3.63, 3.8) is 0 Å². The zero-order valence-corrected chi connectivity index (χ0v) is 15.5. The lowest BCUT2D eigenvalue weighted by molar-refractivity contribution is -0.121. The van der Waals surface area contributed by atoms with Gasteiger partial charge in [0.2, 0.25) is 5.91 Å². The minimum atomic E-state index is 0.0666. The van der Waals surface area contributed by atoms with Crippen LogP contribution in [0.25, 0.3) is 0 Å². The van der Waals surface area contributed by atoms with Gasteiger partial charge < -0.3 is 10.2 Å². The Morgan fingerprint density at radius 3 is 2.69 bits per heavy atom. The van der Waals surface area contributed by atoms with Crippen molar-refractivity contribution in [3.8, 4) is 0 Å². The van der Waals surface area contributed by atoms with Gasteiger partial charge >= 0.3 is 0 Å². The monoisotopic (exact) mass is 352 g/mol. The number of nitrogens with zero attached hydrogens (tertiary/aromatic N) is 3. The smallest absolute Gasteiger partial charge is 0.220 e. The van der Waals surface area contributed by atoms with Gasteiger partial charge in [-0.3, -0.25) is 9.78 Å². The normalized spacial score (nSPS) is 14.8. The molecule has 1 fully saturated rings. The third-order valence-corrected chi connectivity index (χ3v) is 5.19. The van der Waals surface area contributed by atoms with Gasteiger partial charge in [0.15, 0.2) is 0 Å². The standard InChI is InChI=1S/C21H28N4O/c1-25(19-7-3-2-4-8-19)21-18(6-5-13-23-21)16-24-20(26)10-9-17-11-14-22-15-12-17/h5-6,11-15,19H,2-4,7-10,16H2,1H3,(H,24,26). The van der Waals surface area contributed by atoms with Gasteiger partial charge in [-0.2, -0.15) is 0 Å². The Morgan fingerprint density at radius 1 is 1.15 bits per heavy atom. The SMILES string of the molecule is CN(c1ncccc1CNC(=O)CCc1ccncc1)C1CCCCC1. The average Bonchev–Trinajstić information content (AvgIpc) is 2.72. The van der Waals surface area contributed by atoms with Gasteiger partial charge in [0.25, 0.3) is 0 Å². The highest BCUT2D eigenvalue weighted by Gasteiger charge is 2.21. The molecule has 1 saturated carbocycles. The number of carbonyl (C=O) groups is 1. The summed E-state index contributed by atoms with van der Waals surface area (Å²) in [7, 11) is 2.13. The van der Waals surface area contributed by atoms with Crippen molar-refractivity contribution >= 4 is 11.7 Å². The summed E-state index contributed by atoms with van der Waals surface area (Å²) in [4.78, 5) is 23.1. The highest BCUT2D eigenvalue weighted by molar-refractivity contribution is 5.76. The predicted molar refractivity (Wildman–Crippen MR) is 104 cm³/mol. The van der Waals surface area contributed by atoms with Crippen molar-refractivity contribution in [3.05, 3.63) is 54.0 Å². The summed E-state index contributed by atoms with van der Waals surface area (Å²) in [6.45, 7) is 0.523. The zero-order chi connectivity index (χ0) is 18.2. The summed E-state index contributed by atoms with van der Waals surface area (Å²) in [5, 5.41) is 3.05. The maximum atomic E-state index is 12.2. The van der Waals surface area contributed by atoms with Crippen molar-refractivity contribution in [2.45, 2.75) is 57.5 Å². The Balaban J connectivity index is 1.55. The van der Waals surface area contributed by atoms with Crippen LogP contribution >= 0.6 is 0 Å². The van der Waals surface area contributed by atoms with Crippen LogP contribution in [0.1, 0.15) is 49.7 Å².